The smallest absolute Gasteiger partial charge is 0.0762 e. The van der Waals surface area contributed by atoms with Crippen LogP contribution in [0.5, 0.6) is 0 Å². The van der Waals surface area contributed by atoms with Crippen molar-refractivity contribution in [3.05, 3.63) is 53.3 Å². The SMILES string of the molecule is CCC(C)n1ccc(CNC(C)c2ccccc2C)n1. The van der Waals surface area contributed by atoms with Crippen molar-refractivity contribution in [3.8, 4) is 0 Å². The topological polar surface area (TPSA) is 29.9 Å². The van der Waals surface area contributed by atoms with Gasteiger partial charge in [-0.25, -0.2) is 0 Å². The number of aryl methyl sites for hydroxylation is 1. The summed E-state index contributed by atoms with van der Waals surface area (Å²) >= 11 is 0. The van der Waals surface area contributed by atoms with Crippen LogP contribution in [0.25, 0.3) is 0 Å². The number of aromatic nitrogens is 2. The maximum Gasteiger partial charge on any atom is 0.0762 e. The number of rotatable bonds is 6. The monoisotopic (exact) mass is 271 g/mol. The Hall–Kier alpha value is -1.61. The van der Waals surface area contributed by atoms with E-state index >= 15 is 0 Å². The van der Waals surface area contributed by atoms with Crippen molar-refractivity contribution in [3.63, 3.8) is 0 Å². The Labute approximate surface area is 122 Å². The highest BCUT2D eigenvalue weighted by atomic mass is 15.3. The van der Waals surface area contributed by atoms with Crippen molar-refractivity contribution in [1.82, 2.24) is 15.1 Å². The number of hydrogen-bond donors (Lipinski definition) is 1. The van der Waals surface area contributed by atoms with Gasteiger partial charge in [-0.15, -0.1) is 0 Å². The summed E-state index contributed by atoms with van der Waals surface area (Å²) < 4.78 is 2.05. The first-order valence-electron chi connectivity index (χ1n) is 7.44. The second-order valence-corrected chi connectivity index (χ2v) is 5.50. The third-order valence-corrected chi connectivity index (χ3v) is 3.95. The first kappa shape index (κ1) is 14.8. The lowest BCUT2D eigenvalue weighted by molar-refractivity contribution is 0.468. The van der Waals surface area contributed by atoms with Crippen LogP contribution in [0.15, 0.2) is 36.5 Å². The molecule has 0 saturated heterocycles. The van der Waals surface area contributed by atoms with Gasteiger partial charge in [0.05, 0.1) is 5.69 Å². The number of nitrogens with zero attached hydrogens (tertiary/aromatic N) is 2. The molecule has 2 unspecified atom stereocenters. The Morgan fingerprint density at radius 1 is 1.20 bits per heavy atom. The summed E-state index contributed by atoms with van der Waals surface area (Å²) in [4.78, 5) is 0. The molecule has 0 spiro atoms. The molecule has 0 aliphatic rings. The van der Waals surface area contributed by atoms with Gasteiger partial charge in [-0.1, -0.05) is 31.2 Å². The highest BCUT2D eigenvalue weighted by Crippen LogP contribution is 2.17. The molecule has 1 N–H and O–H groups in total. The summed E-state index contributed by atoms with van der Waals surface area (Å²) in [6.07, 6.45) is 3.18. The molecule has 0 amide bonds. The molecule has 20 heavy (non-hydrogen) atoms. The largest absolute Gasteiger partial charge is 0.304 e. The quantitative estimate of drug-likeness (QED) is 0.860. The van der Waals surface area contributed by atoms with Gasteiger partial charge in [0.15, 0.2) is 0 Å². The maximum absolute atomic E-state index is 4.62. The third-order valence-electron chi connectivity index (χ3n) is 3.95. The molecule has 1 heterocycles. The minimum Gasteiger partial charge on any atom is -0.304 e. The molecule has 0 bridgehead atoms. The van der Waals surface area contributed by atoms with Crippen LogP contribution in [0.2, 0.25) is 0 Å². The van der Waals surface area contributed by atoms with Crippen LogP contribution in [0.3, 0.4) is 0 Å². The standard InChI is InChI=1S/C17H25N3/c1-5-14(3)20-11-10-16(19-20)12-18-15(4)17-9-7-6-8-13(17)2/h6-11,14-15,18H,5,12H2,1-4H3. The van der Waals surface area contributed by atoms with Gasteiger partial charge >= 0.3 is 0 Å². The first-order valence-corrected chi connectivity index (χ1v) is 7.44. The van der Waals surface area contributed by atoms with Gasteiger partial charge in [0.2, 0.25) is 0 Å². The van der Waals surface area contributed by atoms with Crippen LogP contribution in [0.4, 0.5) is 0 Å². The average molecular weight is 271 g/mol. The van der Waals surface area contributed by atoms with Crippen molar-refractivity contribution in [2.45, 2.75) is 52.7 Å². The Balaban J connectivity index is 1.95. The Morgan fingerprint density at radius 3 is 2.65 bits per heavy atom. The van der Waals surface area contributed by atoms with Crippen molar-refractivity contribution in [2.75, 3.05) is 0 Å². The molecule has 0 radical (unpaired) electrons. The normalized spacial score (nSPS) is 14.2. The summed E-state index contributed by atoms with van der Waals surface area (Å²) in [5.74, 6) is 0. The van der Waals surface area contributed by atoms with E-state index in [4.69, 9.17) is 0 Å². The van der Waals surface area contributed by atoms with E-state index in [-0.39, 0.29) is 0 Å². The number of hydrogen-bond acceptors (Lipinski definition) is 2. The molecule has 2 atom stereocenters. The summed E-state index contributed by atoms with van der Waals surface area (Å²) in [6.45, 7) is 9.54. The van der Waals surface area contributed by atoms with E-state index in [0.29, 0.717) is 12.1 Å². The average Bonchev–Trinajstić information content (AvgIpc) is 2.93. The Bertz CT molecular complexity index is 545. The Morgan fingerprint density at radius 2 is 1.95 bits per heavy atom. The van der Waals surface area contributed by atoms with E-state index in [1.165, 1.54) is 11.1 Å². The van der Waals surface area contributed by atoms with E-state index in [0.717, 1.165) is 18.7 Å². The second kappa shape index (κ2) is 6.71. The highest BCUT2D eigenvalue weighted by molar-refractivity contribution is 5.28. The molecule has 108 valence electrons. The minimum atomic E-state index is 0.338. The molecule has 0 saturated carbocycles. The molecular weight excluding hydrogens is 246 g/mol. The van der Waals surface area contributed by atoms with Crippen LogP contribution < -0.4 is 5.32 Å². The van der Waals surface area contributed by atoms with Crippen molar-refractivity contribution < 1.29 is 0 Å². The van der Waals surface area contributed by atoms with Gasteiger partial charge < -0.3 is 5.32 Å². The van der Waals surface area contributed by atoms with Crippen molar-refractivity contribution in [1.29, 1.82) is 0 Å². The van der Waals surface area contributed by atoms with Gasteiger partial charge in [-0.3, -0.25) is 4.68 Å². The molecule has 3 nitrogen and oxygen atoms in total. The zero-order valence-electron chi connectivity index (χ0n) is 12.9. The van der Waals surface area contributed by atoms with Gasteiger partial charge in [-0.2, -0.15) is 5.10 Å². The van der Waals surface area contributed by atoms with Gasteiger partial charge in [0.1, 0.15) is 0 Å². The molecular formula is C17H25N3. The predicted molar refractivity (Wildman–Crippen MR) is 83.7 cm³/mol. The molecule has 0 aliphatic carbocycles. The predicted octanol–water partition coefficient (Wildman–Crippen LogP) is 4.01. The van der Waals surface area contributed by atoms with E-state index in [1.807, 2.05) is 0 Å². The van der Waals surface area contributed by atoms with Crippen molar-refractivity contribution in [2.24, 2.45) is 0 Å². The molecule has 2 rings (SSSR count). The van der Waals surface area contributed by atoms with Crippen LogP contribution in [0, 0.1) is 6.92 Å². The van der Waals surface area contributed by atoms with E-state index in [2.05, 4.69) is 79.3 Å². The van der Waals surface area contributed by atoms with Crippen LogP contribution in [-0.2, 0) is 6.54 Å². The lowest BCUT2D eigenvalue weighted by Gasteiger charge is -2.15. The summed E-state index contributed by atoms with van der Waals surface area (Å²) in [6, 6.07) is 11.4. The van der Waals surface area contributed by atoms with E-state index < -0.39 is 0 Å². The second-order valence-electron chi connectivity index (χ2n) is 5.50. The molecule has 3 heteroatoms. The molecule has 0 fully saturated rings. The van der Waals surface area contributed by atoms with E-state index in [1.54, 1.807) is 0 Å². The van der Waals surface area contributed by atoms with Crippen LogP contribution in [-0.4, -0.2) is 9.78 Å². The molecule has 1 aromatic heterocycles. The molecule has 2 aromatic rings. The highest BCUT2D eigenvalue weighted by Gasteiger charge is 2.09. The summed E-state index contributed by atoms with van der Waals surface area (Å²) in [7, 11) is 0. The lowest BCUT2D eigenvalue weighted by atomic mass is 10.0. The van der Waals surface area contributed by atoms with Gasteiger partial charge in [-0.05, 0) is 44.4 Å². The van der Waals surface area contributed by atoms with Crippen molar-refractivity contribution >= 4 is 0 Å². The van der Waals surface area contributed by atoms with E-state index in [9.17, 15) is 0 Å². The fourth-order valence-electron chi connectivity index (χ4n) is 2.34. The van der Waals surface area contributed by atoms with Gasteiger partial charge in [0.25, 0.3) is 0 Å². The van der Waals surface area contributed by atoms with Gasteiger partial charge in [0, 0.05) is 24.8 Å². The fourth-order valence-corrected chi connectivity index (χ4v) is 2.34. The zero-order chi connectivity index (χ0) is 14.5. The lowest BCUT2D eigenvalue weighted by Crippen LogP contribution is -2.19. The zero-order valence-corrected chi connectivity index (χ0v) is 12.9. The fraction of sp³-hybridized carbons (Fsp3) is 0.471. The third kappa shape index (κ3) is 3.48. The maximum atomic E-state index is 4.62. The number of benzene rings is 1. The first-order chi connectivity index (χ1) is 9.61. The molecule has 1 aromatic carbocycles. The molecule has 0 aliphatic heterocycles. The number of nitrogens with one attached hydrogen (secondary N) is 1. The van der Waals surface area contributed by atoms with Crippen LogP contribution in [0.1, 0.15) is 56.1 Å². The Kier molecular flexibility index (Phi) is 4.96. The summed E-state index contributed by atoms with van der Waals surface area (Å²) in [5.41, 5.74) is 3.79. The van der Waals surface area contributed by atoms with Crippen LogP contribution >= 0.6 is 0 Å². The summed E-state index contributed by atoms with van der Waals surface area (Å²) in [5, 5.41) is 8.17. The minimum absolute atomic E-state index is 0.338.